The molecule has 1 aromatic heterocycles. The third-order valence-electron chi connectivity index (χ3n) is 7.11. The first-order valence-electron chi connectivity index (χ1n) is 12.7. The minimum atomic E-state index is 0.00555. The van der Waals surface area contributed by atoms with Crippen LogP contribution in [0.25, 0.3) is 20.5 Å². The fraction of sp³-hybridized carbons (Fsp3) is 0.323. The van der Waals surface area contributed by atoms with E-state index in [1.807, 2.05) is 66.7 Å². The summed E-state index contributed by atoms with van der Waals surface area (Å²) in [7, 11) is 3.31. The molecule has 1 aliphatic rings. The monoisotopic (exact) mass is 500 g/mol. The van der Waals surface area contributed by atoms with Gasteiger partial charge in [-0.15, -0.1) is 11.3 Å². The summed E-state index contributed by atoms with van der Waals surface area (Å²) in [5, 5.41) is 0.935. The Labute approximate surface area is 216 Å². The second-order valence-electron chi connectivity index (χ2n) is 9.39. The number of hydrogen-bond donors (Lipinski definition) is 0. The van der Waals surface area contributed by atoms with Crippen molar-refractivity contribution in [1.82, 2.24) is 0 Å². The van der Waals surface area contributed by atoms with Crippen LogP contribution in [0.5, 0.6) is 17.2 Å². The van der Waals surface area contributed by atoms with E-state index in [9.17, 15) is 4.79 Å². The van der Waals surface area contributed by atoms with E-state index < -0.39 is 0 Å². The zero-order valence-corrected chi connectivity index (χ0v) is 21.7. The van der Waals surface area contributed by atoms with Gasteiger partial charge in [0.15, 0.2) is 5.78 Å². The second-order valence-corrected chi connectivity index (χ2v) is 10.4. The Bertz CT molecular complexity index is 1320. The van der Waals surface area contributed by atoms with Gasteiger partial charge < -0.3 is 14.2 Å². The van der Waals surface area contributed by atoms with Crippen LogP contribution in [0.4, 0.5) is 0 Å². The third-order valence-corrected chi connectivity index (χ3v) is 8.31. The number of carbonyl (C=O) groups excluding carboxylic acids is 1. The molecule has 0 saturated heterocycles. The molecular weight excluding hydrogens is 468 g/mol. The number of rotatable bonds is 9. The minimum Gasteiger partial charge on any atom is -0.497 e. The van der Waals surface area contributed by atoms with Crippen molar-refractivity contribution in [2.24, 2.45) is 5.92 Å². The van der Waals surface area contributed by atoms with E-state index in [0.717, 1.165) is 56.7 Å². The predicted octanol–water partition coefficient (Wildman–Crippen LogP) is 8.17. The number of thiophene rings is 1. The van der Waals surface area contributed by atoms with Crippen molar-refractivity contribution in [2.45, 2.75) is 38.5 Å². The number of methoxy groups -OCH3 is 2. The molecule has 4 aromatic rings. The molecule has 0 N–H and O–H groups in total. The molecule has 1 aliphatic carbocycles. The Morgan fingerprint density at radius 1 is 0.833 bits per heavy atom. The average molecular weight is 501 g/mol. The molecule has 1 heterocycles. The molecule has 5 heteroatoms. The highest BCUT2D eigenvalue weighted by atomic mass is 32.1. The van der Waals surface area contributed by atoms with Crippen molar-refractivity contribution in [3.05, 3.63) is 77.9 Å². The molecule has 0 amide bonds. The molecule has 0 bridgehead atoms. The first kappa shape index (κ1) is 24.4. The van der Waals surface area contributed by atoms with Crippen molar-refractivity contribution in [3.8, 4) is 27.7 Å². The Kier molecular flexibility index (Phi) is 7.57. The topological polar surface area (TPSA) is 44.8 Å². The van der Waals surface area contributed by atoms with Gasteiger partial charge in [0.1, 0.15) is 17.2 Å². The Morgan fingerprint density at radius 3 is 2.19 bits per heavy atom. The molecule has 0 spiro atoms. The van der Waals surface area contributed by atoms with E-state index >= 15 is 0 Å². The Balaban J connectivity index is 1.40. The maximum absolute atomic E-state index is 13.8. The zero-order chi connectivity index (χ0) is 24.9. The lowest BCUT2D eigenvalue weighted by Gasteiger charge is -2.21. The predicted molar refractivity (Wildman–Crippen MR) is 147 cm³/mol. The molecule has 186 valence electrons. The maximum Gasteiger partial charge on any atom is 0.195 e. The van der Waals surface area contributed by atoms with Gasteiger partial charge in [-0.05, 0) is 84.6 Å². The molecule has 0 unspecified atom stereocenters. The van der Waals surface area contributed by atoms with Crippen LogP contribution < -0.4 is 14.2 Å². The van der Waals surface area contributed by atoms with Gasteiger partial charge in [0.05, 0.1) is 20.8 Å². The van der Waals surface area contributed by atoms with Crippen LogP contribution in [0.3, 0.4) is 0 Å². The molecule has 0 aliphatic heterocycles. The zero-order valence-electron chi connectivity index (χ0n) is 20.9. The largest absolute Gasteiger partial charge is 0.497 e. The van der Waals surface area contributed by atoms with Gasteiger partial charge in [-0.1, -0.05) is 32.1 Å². The molecule has 0 radical (unpaired) electrons. The number of ketones is 1. The van der Waals surface area contributed by atoms with E-state index in [1.54, 1.807) is 25.6 Å². The summed E-state index contributed by atoms with van der Waals surface area (Å²) in [6, 6.07) is 21.3. The van der Waals surface area contributed by atoms with Crippen LogP contribution in [0, 0.1) is 5.92 Å². The van der Waals surface area contributed by atoms with E-state index in [-0.39, 0.29) is 5.78 Å². The van der Waals surface area contributed by atoms with Crippen LogP contribution >= 0.6 is 11.3 Å². The SMILES string of the molecule is COc1ccc(-c2sc3cc(OC)ccc3c2C(=O)c2ccc(OCCC3CCCCC3)cc2)cc1. The standard InChI is InChI=1S/C31H32O4S/c1-33-24-12-10-23(11-13-24)31-29(27-17-16-26(34-2)20-28(27)36-31)30(32)22-8-14-25(15-9-22)35-19-18-21-6-4-3-5-7-21/h8-17,20-21H,3-7,18-19H2,1-2H3. The van der Waals surface area contributed by atoms with Gasteiger partial charge in [0.2, 0.25) is 0 Å². The summed E-state index contributed by atoms with van der Waals surface area (Å²) < 4.78 is 17.8. The normalized spacial score (nSPS) is 14.1. The van der Waals surface area contributed by atoms with Crippen molar-refractivity contribution in [2.75, 3.05) is 20.8 Å². The van der Waals surface area contributed by atoms with Crippen molar-refractivity contribution in [3.63, 3.8) is 0 Å². The van der Waals surface area contributed by atoms with Crippen molar-refractivity contribution >= 4 is 27.2 Å². The highest BCUT2D eigenvalue weighted by molar-refractivity contribution is 7.22. The fourth-order valence-corrected chi connectivity index (χ4v) is 6.27. The Hall–Kier alpha value is -3.31. The number of carbonyl (C=O) groups is 1. The lowest BCUT2D eigenvalue weighted by Crippen LogP contribution is -2.10. The van der Waals surface area contributed by atoms with Gasteiger partial charge in [0, 0.05) is 26.1 Å². The molecule has 36 heavy (non-hydrogen) atoms. The van der Waals surface area contributed by atoms with Gasteiger partial charge in [0.25, 0.3) is 0 Å². The summed E-state index contributed by atoms with van der Waals surface area (Å²) in [5.74, 6) is 3.18. The first-order valence-corrected chi connectivity index (χ1v) is 13.5. The summed E-state index contributed by atoms with van der Waals surface area (Å²) >= 11 is 1.60. The van der Waals surface area contributed by atoms with Crippen LogP contribution in [0.15, 0.2) is 66.7 Å². The molecule has 4 nitrogen and oxygen atoms in total. The smallest absolute Gasteiger partial charge is 0.195 e. The highest BCUT2D eigenvalue weighted by Gasteiger charge is 2.22. The Morgan fingerprint density at radius 2 is 1.50 bits per heavy atom. The maximum atomic E-state index is 13.8. The number of fused-ring (bicyclic) bond motifs is 1. The number of ether oxygens (including phenoxy) is 3. The summed E-state index contributed by atoms with van der Waals surface area (Å²) in [4.78, 5) is 14.8. The lowest BCUT2D eigenvalue weighted by molar-refractivity contribution is 0.104. The third kappa shape index (κ3) is 5.26. The molecule has 0 atom stereocenters. The fourth-order valence-electron chi connectivity index (χ4n) is 5.04. The number of benzene rings is 3. The molecule has 3 aromatic carbocycles. The van der Waals surface area contributed by atoms with Gasteiger partial charge in [-0.2, -0.15) is 0 Å². The molecular formula is C31H32O4S. The quantitative estimate of drug-likeness (QED) is 0.217. The molecule has 1 saturated carbocycles. The second kappa shape index (κ2) is 11.2. The molecule has 1 fully saturated rings. The van der Waals surface area contributed by atoms with E-state index in [2.05, 4.69) is 0 Å². The van der Waals surface area contributed by atoms with Gasteiger partial charge >= 0.3 is 0 Å². The van der Waals surface area contributed by atoms with Crippen LogP contribution in [-0.2, 0) is 0 Å². The van der Waals surface area contributed by atoms with E-state index in [1.165, 1.54) is 32.1 Å². The van der Waals surface area contributed by atoms with Crippen molar-refractivity contribution in [1.29, 1.82) is 0 Å². The summed E-state index contributed by atoms with van der Waals surface area (Å²) in [5.41, 5.74) is 2.36. The van der Waals surface area contributed by atoms with Crippen LogP contribution in [-0.4, -0.2) is 26.6 Å². The van der Waals surface area contributed by atoms with E-state index in [4.69, 9.17) is 14.2 Å². The summed E-state index contributed by atoms with van der Waals surface area (Å²) in [6.45, 7) is 0.733. The first-order chi connectivity index (χ1) is 17.7. The molecule has 5 rings (SSSR count). The average Bonchev–Trinajstić information content (AvgIpc) is 3.32. The van der Waals surface area contributed by atoms with Gasteiger partial charge in [-0.3, -0.25) is 4.79 Å². The van der Waals surface area contributed by atoms with Gasteiger partial charge in [-0.25, -0.2) is 0 Å². The van der Waals surface area contributed by atoms with Crippen LogP contribution in [0.2, 0.25) is 0 Å². The number of hydrogen-bond acceptors (Lipinski definition) is 5. The lowest BCUT2D eigenvalue weighted by atomic mass is 9.87. The van der Waals surface area contributed by atoms with Crippen molar-refractivity contribution < 1.29 is 19.0 Å². The minimum absolute atomic E-state index is 0.00555. The van der Waals surface area contributed by atoms with Crippen LogP contribution in [0.1, 0.15) is 54.4 Å². The summed E-state index contributed by atoms with van der Waals surface area (Å²) in [6.07, 6.45) is 7.84. The highest BCUT2D eigenvalue weighted by Crippen LogP contribution is 2.41. The van der Waals surface area contributed by atoms with E-state index in [0.29, 0.717) is 11.1 Å².